The predicted octanol–water partition coefficient (Wildman–Crippen LogP) is 4.85. The van der Waals surface area contributed by atoms with Crippen LogP contribution in [0.5, 0.6) is 11.5 Å². The molecule has 2 aromatic carbocycles. The van der Waals surface area contributed by atoms with Gasteiger partial charge in [0, 0.05) is 18.2 Å². The molecule has 5 nitrogen and oxygen atoms in total. The number of phenols is 1. The second kappa shape index (κ2) is 8.05. The largest absolute Gasteiger partial charge is 0.508 e. The first-order chi connectivity index (χ1) is 12.1. The van der Waals surface area contributed by atoms with E-state index in [0.717, 1.165) is 17.0 Å². The summed E-state index contributed by atoms with van der Waals surface area (Å²) >= 11 is 11.8. The fourth-order valence-electron chi connectivity index (χ4n) is 2.23. The first-order valence-electron chi connectivity index (χ1n) is 7.57. The van der Waals surface area contributed by atoms with Crippen molar-refractivity contribution in [3.8, 4) is 11.5 Å². The average Bonchev–Trinajstić information content (AvgIpc) is 2.61. The van der Waals surface area contributed by atoms with Crippen LogP contribution in [0.15, 0.2) is 54.6 Å². The number of ether oxygens (including phenoxy) is 1. The summed E-state index contributed by atoms with van der Waals surface area (Å²) < 4.78 is 5.70. The van der Waals surface area contributed by atoms with Crippen LogP contribution in [0.4, 0.5) is 11.4 Å². The van der Waals surface area contributed by atoms with E-state index in [2.05, 4.69) is 15.5 Å². The summed E-state index contributed by atoms with van der Waals surface area (Å²) in [6.45, 7) is 0.472. The fraction of sp³-hybridized carbons (Fsp3) is 0.111. The summed E-state index contributed by atoms with van der Waals surface area (Å²) in [6.07, 6.45) is 0.628. The van der Waals surface area contributed by atoms with E-state index in [0.29, 0.717) is 18.7 Å². The molecular weight excluding hydrogens is 361 g/mol. The van der Waals surface area contributed by atoms with E-state index in [1.807, 2.05) is 36.4 Å². The first-order valence-corrected chi connectivity index (χ1v) is 8.33. The summed E-state index contributed by atoms with van der Waals surface area (Å²) in [4.78, 5) is 0. The number of halogens is 2. The van der Waals surface area contributed by atoms with Crippen molar-refractivity contribution >= 4 is 34.6 Å². The molecule has 1 heterocycles. The highest BCUT2D eigenvalue weighted by Gasteiger charge is 2.05. The quantitative estimate of drug-likeness (QED) is 0.644. The number of para-hydroxylation sites is 1. The van der Waals surface area contributed by atoms with Crippen LogP contribution in [0.3, 0.4) is 0 Å². The summed E-state index contributed by atoms with van der Waals surface area (Å²) in [5.74, 6) is 1.02. The van der Waals surface area contributed by atoms with Crippen LogP contribution in [0.1, 0.15) is 5.56 Å². The molecule has 0 atom stereocenters. The molecule has 7 heteroatoms. The second-order valence-electron chi connectivity index (χ2n) is 5.25. The lowest BCUT2D eigenvalue weighted by Crippen LogP contribution is -2.01. The highest BCUT2D eigenvalue weighted by molar-refractivity contribution is 6.33. The van der Waals surface area contributed by atoms with Gasteiger partial charge in [0.15, 0.2) is 10.3 Å². The highest BCUT2D eigenvalue weighted by Crippen LogP contribution is 2.26. The van der Waals surface area contributed by atoms with E-state index in [4.69, 9.17) is 27.9 Å². The Bertz CT molecular complexity index is 857. The van der Waals surface area contributed by atoms with Crippen molar-refractivity contribution in [2.24, 2.45) is 0 Å². The van der Waals surface area contributed by atoms with Gasteiger partial charge < -0.3 is 15.2 Å². The molecule has 3 rings (SSSR count). The number of rotatable bonds is 6. The molecule has 0 amide bonds. The van der Waals surface area contributed by atoms with Crippen molar-refractivity contribution in [1.82, 2.24) is 10.2 Å². The van der Waals surface area contributed by atoms with Gasteiger partial charge in [-0.25, -0.2) is 0 Å². The molecule has 0 aliphatic rings. The SMILES string of the molecule is Oc1ccccc1CCOc1ccc(Nc2cc(Cl)nnc2Cl)cc1. The number of anilines is 2. The van der Waals surface area contributed by atoms with E-state index in [1.165, 1.54) is 0 Å². The Hall–Kier alpha value is -2.50. The van der Waals surface area contributed by atoms with E-state index in [9.17, 15) is 5.11 Å². The van der Waals surface area contributed by atoms with Gasteiger partial charge in [-0.05, 0) is 35.9 Å². The zero-order valence-electron chi connectivity index (χ0n) is 13.1. The van der Waals surface area contributed by atoms with Crippen molar-refractivity contribution in [3.05, 3.63) is 70.5 Å². The lowest BCUT2D eigenvalue weighted by atomic mass is 10.1. The van der Waals surface area contributed by atoms with Gasteiger partial charge in [-0.2, -0.15) is 0 Å². The fourth-order valence-corrected chi connectivity index (χ4v) is 2.52. The predicted molar refractivity (Wildman–Crippen MR) is 99.1 cm³/mol. The lowest BCUT2D eigenvalue weighted by Gasteiger charge is -2.10. The van der Waals surface area contributed by atoms with Gasteiger partial charge in [0.05, 0.1) is 12.3 Å². The lowest BCUT2D eigenvalue weighted by molar-refractivity contribution is 0.319. The second-order valence-corrected chi connectivity index (χ2v) is 5.99. The summed E-state index contributed by atoms with van der Waals surface area (Å²) in [7, 11) is 0. The minimum absolute atomic E-state index is 0.243. The van der Waals surface area contributed by atoms with Gasteiger partial charge in [-0.15, -0.1) is 10.2 Å². The molecule has 0 unspecified atom stereocenters. The van der Waals surface area contributed by atoms with Crippen molar-refractivity contribution < 1.29 is 9.84 Å². The molecule has 0 radical (unpaired) electrons. The standard InChI is InChI=1S/C18H15Cl2N3O2/c19-17-11-15(18(20)23-22-17)21-13-5-7-14(8-6-13)25-10-9-12-3-1-2-4-16(12)24/h1-8,11,24H,9-10H2,(H,21,22). The van der Waals surface area contributed by atoms with Crippen LogP contribution in [0.25, 0.3) is 0 Å². The van der Waals surface area contributed by atoms with Gasteiger partial charge in [0.25, 0.3) is 0 Å². The zero-order chi connectivity index (χ0) is 17.6. The molecule has 0 aliphatic heterocycles. The molecular formula is C18H15Cl2N3O2. The molecule has 3 aromatic rings. The van der Waals surface area contributed by atoms with E-state index in [-0.39, 0.29) is 16.1 Å². The van der Waals surface area contributed by atoms with Gasteiger partial charge in [0.2, 0.25) is 0 Å². The molecule has 25 heavy (non-hydrogen) atoms. The number of aromatic nitrogens is 2. The third-order valence-electron chi connectivity index (χ3n) is 3.48. The normalized spacial score (nSPS) is 10.5. The number of nitrogens with one attached hydrogen (secondary N) is 1. The molecule has 0 bridgehead atoms. The zero-order valence-corrected chi connectivity index (χ0v) is 14.6. The third kappa shape index (κ3) is 4.75. The molecule has 128 valence electrons. The summed E-state index contributed by atoms with van der Waals surface area (Å²) in [5, 5.41) is 20.8. The topological polar surface area (TPSA) is 67.3 Å². The maximum absolute atomic E-state index is 9.73. The Morgan fingerprint density at radius 2 is 1.76 bits per heavy atom. The maximum Gasteiger partial charge on any atom is 0.175 e. The Labute approximate surface area is 155 Å². The number of hydrogen-bond acceptors (Lipinski definition) is 5. The summed E-state index contributed by atoms with van der Waals surface area (Å²) in [5.41, 5.74) is 2.26. The molecule has 0 saturated carbocycles. The van der Waals surface area contributed by atoms with E-state index in [1.54, 1.807) is 18.2 Å². The van der Waals surface area contributed by atoms with Gasteiger partial charge in [-0.1, -0.05) is 41.4 Å². The van der Waals surface area contributed by atoms with Crippen LogP contribution in [0, 0.1) is 0 Å². The Morgan fingerprint density at radius 1 is 1.00 bits per heavy atom. The van der Waals surface area contributed by atoms with Crippen LogP contribution < -0.4 is 10.1 Å². The average molecular weight is 376 g/mol. The maximum atomic E-state index is 9.73. The van der Waals surface area contributed by atoms with Gasteiger partial charge >= 0.3 is 0 Å². The minimum atomic E-state index is 0.243. The molecule has 0 aliphatic carbocycles. The van der Waals surface area contributed by atoms with E-state index >= 15 is 0 Å². The monoisotopic (exact) mass is 375 g/mol. The molecule has 0 saturated heterocycles. The van der Waals surface area contributed by atoms with Crippen molar-refractivity contribution in [2.45, 2.75) is 6.42 Å². The van der Waals surface area contributed by atoms with Crippen molar-refractivity contribution in [3.63, 3.8) is 0 Å². The minimum Gasteiger partial charge on any atom is -0.508 e. The Balaban J connectivity index is 1.57. The molecule has 0 spiro atoms. The number of benzene rings is 2. The van der Waals surface area contributed by atoms with Crippen LogP contribution in [-0.2, 0) is 6.42 Å². The molecule has 0 fully saturated rings. The van der Waals surface area contributed by atoms with Gasteiger partial charge in [0.1, 0.15) is 11.5 Å². The Kier molecular flexibility index (Phi) is 5.58. The highest BCUT2D eigenvalue weighted by atomic mass is 35.5. The van der Waals surface area contributed by atoms with Crippen molar-refractivity contribution in [1.29, 1.82) is 0 Å². The molecule has 1 aromatic heterocycles. The first kappa shape index (κ1) is 17.3. The Morgan fingerprint density at radius 3 is 2.52 bits per heavy atom. The van der Waals surface area contributed by atoms with E-state index < -0.39 is 0 Å². The van der Waals surface area contributed by atoms with Crippen LogP contribution >= 0.6 is 23.2 Å². The van der Waals surface area contributed by atoms with Crippen molar-refractivity contribution in [2.75, 3.05) is 11.9 Å². The third-order valence-corrected chi connectivity index (χ3v) is 3.95. The number of hydrogen-bond donors (Lipinski definition) is 2. The summed E-state index contributed by atoms with van der Waals surface area (Å²) in [6, 6.07) is 16.2. The van der Waals surface area contributed by atoms with Gasteiger partial charge in [-0.3, -0.25) is 0 Å². The number of phenolic OH excluding ortho intramolecular Hbond substituents is 1. The molecule has 2 N–H and O–H groups in total. The van der Waals surface area contributed by atoms with Crippen LogP contribution in [-0.4, -0.2) is 21.9 Å². The number of nitrogens with zero attached hydrogens (tertiary/aromatic N) is 2. The smallest absolute Gasteiger partial charge is 0.175 e. The van der Waals surface area contributed by atoms with Crippen LogP contribution in [0.2, 0.25) is 10.3 Å². The number of aromatic hydroxyl groups is 1.